The lowest BCUT2D eigenvalue weighted by molar-refractivity contribution is -0.677. The molecular weight excluding hydrogens is 280 g/mol. The average molecular weight is 322 g/mol. The highest BCUT2D eigenvalue weighted by Gasteiger charge is 2.07. The highest BCUT2D eigenvalue weighted by atomic mass is 15.1. The monoisotopic (exact) mass is 321 g/mol. The van der Waals surface area contributed by atoms with E-state index in [2.05, 4.69) is 42.4 Å². The predicted octanol–water partition coefficient (Wildman–Crippen LogP) is 6.10. The van der Waals surface area contributed by atoms with E-state index in [0.29, 0.717) is 0 Å². The second kappa shape index (κ2) is 13.6. The smallest absolute Gasteiger partial charge is 0.237 e. The summed E-state index contributed by atoms with van der Waals surface area (Å²) >= 11 is 0. The Hall–Kier alpha value is -0.790. The molecule has 0 aliphatic rings. The van der Waals surface area contributed by atoms with Crippen LogP contribution in [0.5, 0.6) is 0 Å². The Morgan fingerprint density at radius 1 is 0.739 bits per heavy atom. The van der Waals surface area contributed by atoms with Crippen molar-refractivity contribution >= 4 is 0 Å². The van der Waals surface area contributed by atoms with Crippen molar-refractivity contribution in [2.24, 2.45) is 7.05 Å². The van der Waals surface area contributed by atoms with Crippen LogP contribution in [-0.2, 0) is 13.6 Å². The zero-order valence-corrected chi connectivity index (χ0v) is 16.2. The van der Waals surface area contributed by atoms with Crippen molar-refractivity contribution in [3.05, 3.63) is 18.2 Å². The van der Waals surface area contributed by atoms with E-state index in [1.165, 1.54) is 102 Å². The molecule has 0 saturated carbocycles. The summed E-state index contributed by atoms with van der Waals surface area (Å²) in [6, 6.07) is 0. The summed E-state index contributed by atoms with van der Waals surface area (Å²) in [5, 5.41) is 0. The van der Waals surface area contributed by atoms with Gasteiger partial charge in [-0.15, -0.1) is 0 Å². The van der Waals surface area contributed by atoms with E-state index in [9.17, 15) is 0 Å². The van der Waals surface area contributed by atoms with Gasteiger partial charge in [-0.1, -0.05) is 84.0 Å². The minimum Gasteiger partial charge on any atom is -0.237 e. The molecule has 0 N–H and O–H groups in total. The van der Waals surface area contributed by atoms with Gasteiger partial charge in [0.05, 0.1) is 13.6 Å². The maximum atomic E-state index is 2.38. The summed E-state index contributed by atoms with van der Waals surface area (Å²) in [7, 11) is 2.12. The van der Waals surface area contributed by atoms with Crippen molar-refractivity contribution in [3.8, 4) is 0 Å². The first-order valence-corrected chi connectivity index (χ1v) is 10.3. The molecule has 1 rings (SSSR count). The second-order valence-corrected chi connectivity index (χ2v) is 7.25. The van der Waals surface area contributed by atoms with Crippen molar-refractivity contribution in [3.63, 3.8) is 0 Å². The summed E-state index contributed by atoms with van der Waals surface area (Å²) in [4.78, 5) is 0. The molecule has 134 valence electrons. The van der Waals surface area contributed by atoms with Crippen LogP contribution in [0.3, 0.4) is 0 Å². The zero-order valence-electron chi connectivity index (χ0n) is 16.2. The minimum absolute atomic E-state index is 1.19. The Morgan fingerprint density at radius 2 is 1.17 bits per heavy atom. The van der Waals surface area contributed by atoms with Crippen molar-refractivity contribution in [1.29, 1.82) is 0 Å². The molecule has 0 aliphatic heterocycles. The van der Waals surface area contributed by atoms with Crippen molar-refractivity contribution in [2.75, 3.05) is 0 Å². The number of aromatic nitrogens is 2. The molecule has 0 atom stereocenters. The molecule has 2 nitrogen and oxygen atoms in total. The fraction of sp³-hybridized carbons (Fsp3) is 0.857. The Labute approximate surface area is 145 Å². The number of imidazole rings is 1. The fourth-order valence-electron chi connectivity index (χ4n) is 3.31. The van der Waals surface area contributed by atoms with Crippen LogP contribution < -0.4 is 4.57 Å². The summed E-state index contributed by atoms with van der Waals surface area (Å²) < 4.78 is 4.57. The van der Waals surface area contributed by atoms with E-state index in [1.807, 2.05) is 0 Å². The van der Waals surface area contributed by atoms with Crippen LogP contribution in [0.4, 0.5) is 0 Å². The third kappa shape index (κ3) is 9.84. The van der Waals surface area contributed by atoms with Crippen molar-refractivity contribution in [2.45, 2.75) is 110 Å². The van der Waals surface area contributed by atoms with Crippen molar-refractivity contribution < 1.29 is 4.57 Å². The summed E-state index contributed by atoms with van der Waals surface area (Å²) in [6.45, 7) is 5.68. The van der Waals surface area contributed by atoms with Gasteiger partial charge in [0, 0.05) is 6.92 Å². The molecule has 23 heavy (non-hydrogen) atoms. The molecule has 1 aromatic heterocycles. The molecular formula is C21H41N2+. The zero-order chi connectivity index (χ0) is 16.8. The van der Waals surface area contributed by atoms with Crippen molar-refractivity contribution in [1.82, 2.24) is 4.57 Å². The van der Waals surface area contributed by atoms with Crippen LogP contribution in [-0.4, -0.2) is 4.57 Å². The van der Waals surface area contributed by atoms with E-state index in [0.717, 1.165) is 0 Å². The normalized spacial score (nSPS) is 11.3. The van der Waals surface area contributed by atoms with E-state index in [1.54, 1.807) is 0 Å². The molecule has 0 spiro atoms. The largest absolute Gasteiger partial charge is 0.253 e. The number of hydrogen-bond acceptors (Lipinski definition) is 0. The third-order valence-electron chi connectivity index (χ3n) is 5.15. The van der Waals surface area contributed by atoms with Gasteiger partial charge in [0.25, 0.3) is 5.82 Å². The third-order valence-corrected chi connectivity index (χ3v) is 5.15. The molecule has 0 radical (unpaired) electrons. The lowest BCUT2D eigenvalue weighted by Crippen LogP contribution is -2.29. The summed E-state index contributed by atoms with van der Waals surface area (Å²) in [5.74, 6) is 1.36. The number of unbranched alkanes of at least 4 members (excludes halogenated alkanes) is 13. The first kappa shape index (κ1) is 20.3. The van der Waals surface area contributed by atoms with E-state index in [4.69, 9.17) is 0 Å². The minimum atomic E-state index is 1.19. The Kier molecular flexibility index (Phi) is 12.0. The molecule has 2 heteroatoms. The second-order valence-electron chi connectivity index (χ2n) is 7.25. The molecule has 0 aliphatic carbocycles. The van der Waals surface area contributed by atoms with Crippen LogP contribution in [0, 0.1) is 6.92 Å². The Bertz CT molecular complexity index is 381. The van der Waals surface area contributed by atoms with Crippen LogP contribution in [0.2, 0.25) is 0 Å². The van der Waals surface area contributed by atoms with Crippen LogP contribution in [0.15, 0.2) is 12.4 Å². The summed E-state index contributed by atoms with van der Waals surface area (Å²) in [5.41, 5.74) is 0. The van der Waals surface area contributed by atoms with E-state index < -0.39 is 0 Å². The molecule has 0 fully saturated rings. The molecule has 1 aromatic rings. The standard InChI is InChI=1S/C21H41N2/c1-4-5-6-7-8-9-10-11-12-13-14-15-16-17-18-23-20-19-22(3)21(23)2/h19-20H,4-18H2,1-3H3/q+1. The molecule has 0 bridgehead atoms. The number of aryl methyl sites for hydroxylation is 2. The summed E-state index contributed by atoms with van der Waals surface area (Å²) in [6.07, 6.45) is 24.4. The molecule has 0 unspecified atom stereocenters. The maximum absolute atomic E-state index is 2.38. The van der Waals surface area contributed by atoms with Gasteiger partial charge in [-0.2, -0.15) is 0 Å². The van der Waals surface area contributed by atoms with Gasteiger partial charge in [0.2, 0.25) is 0 Å². The Morgan fingerprint density at radius 3 is 1.57 bits per heavy atom. The van der Waals surface area contributed by atoms with Gasteiger partial charge < -0.3 is 0 Å². The predicted molar refractivity (Wildman–Crippen MR) is 101 cm³/mol. The number of rotatable bonds is 15. The van der Waals surface area contributed by atoms with Gasteiger partial charge in [-0.3, -0.25) is 0 Å². The van der Waals surface area contributed by atoms with Gasteiger partial charge in [-0.25, -0.2) is 9.13 Å². The van der Waals surface area contributed by atoms with E-state index >= 15 is 0 Å². The van der Waals surface area contributed by atoms with Crippen LogP contribution >= 0.6 is 0 Å². The van der Waals surface area contributed by atoms with Gasteiger partial charge >= 0.3 is 0 Å². The topological polar surface area (TPSA) is 8.81 Å². The highest BCUT2D eigenvalue weighted by Crippen LogP contribution is 2.13. The van der Waals surface area contributed by atoms with Gasteiger partial charge in [0.15, 0.2) is 0 Å². The quantitative estimate of drug-likeness (QED) is 0.272. The number of nitrogens with zero attached hydrogens (tertiary/aromatic N) is 2. The molecule has 0 saturated heterocycles. The first-order valence-electron chi connectivity index (χ1n) is 10.3. The van der Waals surface area contributed by atoms with Gasteiger partial charge in [-0.05, 0) is 12.8 Å². The lowest BCUT2D eigenvalue weighted by Gasteiger charge is -2.03. The number of hydrogen-bond donors (Lipinski definition) is 0. The molecule has 0 aromatic carbocycles. The molecule has 0 amide bonds. The first-order chi connectivity index (χ1) is 11.3. The lowest BCUT2D eigenvalue weighted by atomic mass is 10.0. The highest BCUT2D eigenvalue weighted by molar-refractivity contribution is 4.78. The van der Waals surface area contributed by atoms with Crippen LogP contribution in [0.1, 0.15) is 103 Å². The average Bonchev–Trinajstić information content (AvgIpc) is 2.87. The SMILES string of the molecule is CCCCCCCCCCCCCCCCn1cc[n+](C)c1C. The van der Waals surface area contributed by atoms with E-state index in [-0.39, 0.29) is 0 Å². The maximum Gasteiger partial charge on any atom is 0.253 e. The van der Waals surface area contributed by atoms with Crippen LogP contribution in [0.25, 0.3) is 0 Å². The fourth-order valence-corrected chi connectivity index (χ4v) is 3.31. The van der Waals surface area contributed by atoms with Gasteiger partial charge in [0.1, 0.15) is 12.4 Å². The Balaban J connectivity index is 1.79. The molecule has 1 heterocycles.